The Morgan fingerprint density at radius 1 is 1.04 bits per heavy atom. The van der Waals surface area contributed by atoms with Gasteiger partial charge in [-0.15, -0.1) is 0 Å². The lowest BCUT2D eigenvalue weighted by molar-refractivity contribution is 0.0924. The SMILES string of the molecule is O=C(NC1CN2CCC1C2)c1ccc(Oc2ccc(Cl)cc2)cc1. The molecule has 1 amide bonds. The molecule has 0 radical (unpaired) electrons. The molecule has 2 aliphatic rings. The van der Waals surface area contributed by atoms with Crippen molar-refractivity contribution < 1.29 is 9.53 Å². The van der Waals surface area contributed by atoms with Gasteiger partial charge in [-0.1, -0.05) is 11.6 Å². The van der Waals surface area contributed by atoms with Crippen molar-refractivity contribution in [2.45, 2.75) is 12.5 Å². The van der Waals surface area contributed by atoms with Crippen molar-refractivity contribution in [1.82, 2.24) is 10.2 Å². The maximum absolute atomic E-state index is 12.4. The number of piperidine rings is 1. The number of rotatable bonds is 4. The fourth-order valence-electron chi connectivity index (χ4n) is 3.51. The van der Waals surface area contributed by atoms with E-state index in [9.17, 15) is 4.79 Å². The van der Waals surface area contributed by atoms with E-state index in [2.05, 4.69) is 10.2 Å². The molecule has 0 aromatic heterocycles. The van der Waals surface area contributed by atoms with Crippen molar-refractivity contribution in [3.8, 4) is 11.5 Å². The third kappa shape index (κ3) is 3.25. The Bertz CT molecular complexity index is 730. The fraction of sp³-hybridized carbons (Fsp3) is 0.316. The molecule has 2 aromatic carbocycles. The highest BCUT2D eigenvalue weighted by Crippen LogP contribution is 2.28. The zero-order valence-electron chi connectivity index (χ0n) is 13.2. The van der Waals surface area contributed by atoms with Crippen LogP contribution < -0.4 is 10.1 Å². The summed E-state index contributed by atoms with van der Waals surface area (Å²) in [5.41, 5.74) is 0.663. The van der Waals surface area contributed by atoms with Gasteiger partial charge in [0.1, 0.15) is 11.5 Å². The van der Waals surface area contributed by atoms with Crippen LogP contribution in [0, 0.1) is 5.92 Å². The molecular formula is C19H19ClN2O2. The van der Waals surface area contributed by atoms with E-state index >= 15 is 0 Å². The number of nitrogens with zero attached hydrogens (tertiary/aromatic N) is 1. The van der Waals surface area contributed by atoms with Crippen molar-refractivity contribution in [3.05, 3.63) is 59.1 Å². The number of benzene rings is 2. The van der Waals surface area contributed by atoms with Gasteiger partial charge in [0.25, 0.3) is 5.91 Å². The van der Waals surface area contributed by atoms with E-state index in [4.69, 9.17) is 16.3 Å². The van der Waals surface area contributed by atoms with Crippen LogP contribution in [0.5, 0.6) is 11.5 Å². The van der Waals surface area contributed by atoms with Crippen LogP contribution in [0.15, 0.2) is 48.5 Å². The predicted octanol–water partition coefficient (Wildman–Crippen LogP) is 3.57. The Morgan fingerprint density at radius 2 is 1.71 bits per heavy atom. The van der Waals surface area contributed by atoms with Gasteiger partial charge in [0.15, 0.2) is 0 Å². The van der Waals surface area contributed by atoms with Gasteiger partial charge in [-0.05, 0) is 67.4 Å². The number of fused-ring (bicyclic) bond motifs is 2. The summed E-state index contributed by atoms with van der Waals surface area (Å²) in [5, 5.41) is 3.84. The van der Waals surface area contributed by atoms with Crippen LogP contribution in [-0.2, 0) is 0 Å². The van der Waals surface area contributed by atoms with Crippen LogP contribution >= 0.6 is 11.6 Å². The number of carbonyl (C=O) groups is 1. The molecule has 0 spiro atoms. The molecule has 5 heteroatoms. The average molecular weight is 343 g/mol. The van der Waals surface area contributed by atoms with E-state index in [1.54, 1.807) is 24.3 Å². The summed E-state index contributed by atoms with van der Waals surface area (Å²) in [7, 11) is 0. The predicted molar refractivity (Wildman–Crippen MR) is 93.8 cm³/mol. The summed E-state index contributed by atoms with van der Waals surface area (Å²) in [6.45, 7) is 3.28. The van der Waals surface area contributed by atoms with E-state index < -0.39 is 0 Å². The maximum atomic E-state index is 12.4. The van der Waals surface area contributed by atoms with Crippen molar-refractivity contribution in [2.24, 2.45) is 5.92 Å². The van der Waals surface area contributed by atoms with Crippen LogP contribution in [0.4, 0.5) is 0 Å². The summed E-state index contributed by atoms with van der Waals surface area (Å²) in [6.07, 6.45) is 1.19. The molecular weight excluding hydrogens is 324 g/mol. The second-order valence-corrected chi connectivity index (χ2v) is 6.91. The monoisotopic (exact) mass is 342 g/mol. The zero-order chi connectivity index (χ0) is 16.5. The second kappa shape index (κ2) is 6.46. The highest BCUT2D eigenvalue weighted by molar-refractivity contribution is 6.30. The lowest BCUT2D eigenvalue weighted by atomic mass is 9.99. The van der Waals surface area contributed by atoms with Crippen LogP contribution in [0.25, 0.3) is 0 Å². The summed E-state index contributed by atoms with van der Waals surface area (Å²) < 4.78 is 5.74. The molecule has 3 atom stereocenters. The Hall–Kier alpha value is -2.04. The van der Waals surface area contributed by atoms with E-state index in [1.165, 1.54) is 13.0 Å². The van der Waals surface area contributed by atoms with Gasteiger partial charge in [-0.3, -0.25) is 4.79 Å². The van der Waals surface area contributed by atoms with Gasteiger partial charge in [-0.25, -0.2) is 0 Å². The molecule has 2 bridgehead atoms. The molecule has 0 saturated carbocycles. The van der Waals surface area contributed by atoms with Gasteiger partial charge in [0, 0.05) is 29.7 Å². The highest BCUT2D eigenvalue weighted by atomic mass is 35.5. The third-order valence-corrected chi connectivity index (χ3v) is 5.07. The second-order valence-electron chi connectivity index (χ2n) is 6.47. The molecule has 4 rings (SSSR count). The van der Waals surface area contributed by atoms with Crippen molar-refractivity contribution >= 4 is 17.5 Å². The molecule has 124 valence electrons. The summed E-state index contributed by atoms with van der Waals surface area (Å²) in [5.74, 6) is 2.01. The van der Waals surface area contributed by atoms with Gasteiger partial charge >= 0.3 is 0 Å². The first-order valence-corrected chi connectivity index (χ1v) is 8.62. The van der Waals surface area contributed by atoms with Crippen molar-refractivity contribution in [2.75, 3.05) is 19.6 Å². The lowest BCUT2D eigenvalue weighted by Crippen LogP contribution is -2.43. The van der Waals surface area contributed by atoms with Crippen LogP contribution in [0.3, 0.4) is 0 Å². The standard InChI is InChI=1S/C19H19ClN2O2/c20-15-3-7-17(8-4-15)24-16-5-1-13(2-6-16)19(23)21-18-12-22-10-9-14(18)11-22/h1-8,14,18H,9-12H2,(H,21,23). The lowest BCUT2D eigenvalue weighted by Gasteiger charge is -2.23. The summed E-state index contributed by atoms with van der Waals surface area (Å²) in [6, 6.07) is 14.7. The fourth-order valence-corrected chi connectivity index (χ4v) is 3.64. The van der Waals surface area contributed by atoms with Gasteiger partial charge in [0.2, 0.25) is 0 Å². The summed E-state index contributed by atoms with van der Waals surface area (Å²) >= 11 is 5.86. The van der Waals surface area contributed by atoms with Crippen molar-refractivity contribution in [1.29, 1.82) is 0 Å². The first kappa shape index (κ1) is 15.5. The molecule has 2 aliphatic heterocycles. The number of ether oxygens (including phenoxy) is 1. The van der Waals surface area contributed by atoms with Gasteiger partial charge in [0.05, 0.1) is 0 Å². The van der Waals surface area contributed by atoms with E-state index in [-0.39, 0.29) is 11.9 Å². The van der Waals surface area contributed by atoms with Gasteiger partial charge < -0.3 is 15.0 Å². The smallest absolute Gasteiger partial charge is 0.251 e. The first-order valence-electron chi connectivity index (χ1n) is 8.24. The number of hydrogen-bond donors (Lipinski definition) is 1. The quantitative estimate of drug-likeness (QED) is 0.923. The number of hydrogen-bond acceptors (Lipinski definition) is 3. The molecule has 2 aromatic rings. The highest BCUT2D eigenvalue weighted by Gasteiger charge is 2.38. The molecule has 1 N–H and O–H groups in total. The van der Waals surface area contributed by atoms with Crippen molar-refractivity contribution in [3.63, 3.8) is 0 Å². The molecule has 3 unspecified atom stereocenters. The number of nitrogens with one attached hydrogen (secondary N) is 1. The van der Waals surface area contributed by atoms with Crippen LogP contribution in [-0.4, -0.2) is 36.5 Å². The Balaban J connectivity index is 1.38. The Morgan fingerprint density at radius 3 is 2.29 bits per heavy atom. The molecule has 2 fully saturated rings. The van der Waals surface area contributed by atoms with E-state index in [1.807, 2.05) is 24.3 Å². The molecule has 2 heterocycles. The van der Waals surface area contributed by atoms with E-state index in [0.29, 0.717) is 28.0 Å². The third-order valence-electron chi connectivity index (χ3n) is 4.82. The van der Waals surface area contributed by atoms with E-state index in [0.717, 1.165) is 13.1 Å². The number of halogens is 1. The maximum Gasteiger partial charge on any atom is 0.251 e. The minimum Gasteiger partial charge on any atom is -0.457 e. The minimum absolute atomic E-state index is 0.00760. The molecule has 24 heavy (non-hydrogen) atoms. The Kier molecular flexibility index (Phi) is 4.17. The topological polar surface area (TPSA) is 41.6 Å². The van der Waals surface area contributed by atoms with Gasteiger partial charge in [-0.2, -0.15) is 0 Å². The van der Waals surface area contributed by atoms with Crippen LogP contribution in [0.2, 0.25) is 5.02 Å². The molecule has 4 nitrogen and oxygen atoms in total. The minimum atomic E-state index is -0.00760. The largest absolute Gasteiger partial charge is 0.457 e. The molecule has 0 aliphatic carbocycles. The average Bonchev–Trinajstić information content (AvgIpc) is 3.20. The zero-order valence-corrected chi connectivity index (χ0v) is 14.0. The Labute approximate surface area is 146 Å². The number of carbonyl (C=O) groups excluding carboxylic acids is 1. The molecule has 2 saturated heterocycles. The first-order chi connectivity index (χ1) is 11.7. The summed E-state index contributed by atoms with van der Waals surface area (Å²) in [4.78, 5) is 14.8. The normalized spacial score (nSPS) is 24.8. The van der Waals surface area contributed by atoms with Crippen LogP contribution in [0.1, 0.15) is 16.8 Å². The number of amides is 1.